The van der Waals surface area contributed by atoms with E-state index in [0.29, 0.717) is 0 Å². The number of hydrogen-bond acceptors (Lipinski definition) is 4. The second-order valence-corrected chi connectivity index (χ2v) is 4.42. The van der Waals surface area contributed by atoms with Crippen LogP contribution in [0, 0.1) is 13.8 Å². The number of para-hydroxylation sites is 1. The lowest BCUT2D eigenvalue weighted by molar-refractivity contribution is -0.123. The zero-order valence-corrected chi connectivity index (χ0v) is 11.6. The highest BCUT2D eigenvalue weighted by atomic mass is 16.5. The van der Waals surface area contributed by atoms with Gasteiger partial charge in [-0.05, 0) is 25.0 Å². The van der Waals surface area contributed by atoms with Crippen molar-refractivity contribution >= 4 is 5.91 Å². The molecule has 0 fully saturated rings. The van der Waals surface area contributed by atoms with Crippen molar-refractivity contribution in [3.63, 3.8) is 0 Å². The van der Waals surface area contributed by atoms with Crippen LogP contribution in [0.15, 0.2) is 18.2 Å². The van der Waals surface area contributed by atoms with Crippen molar-refractivity contribution in [2.45, 2.75) is 20.0 Å². The Labute approximate surface area is 113 Å². The van der Waals surface area contributed by atoms with Crippen molar-refractivity contribution in [3.8, 4) is 5.75 Å². The number of aliphatic hydroxyl groups excluding tert-OH is 1. The van der Waals surface area contributed by atoms with E-state index in [4.69, 9.17) is 9.47 Å². The van der Waals surface area contributed by atoms with E-state index >= 15 is 0 Å². The molecule has 0 aromatic heterocycles. The SMILES string of the molecule is COCC(O)CNC(=O)COc1c(C)cccc1C. The molecule has 0 aliphatic rings. The topological polar surface area (TPSA) is 67.8 Å². The van der Waals surface area contributed by atoms with E-state index in [2.05, 4.69) is 5.32 Å². The van der Waals surface area contributed by atoms with Crippen LogP contribution in [0.3, 0.4) is 0 Å². The quantitative estimate of drug-likeness (QED) is 0.767. The fourth-order valence-corrected chi connectivity index (χ4v) is 1.70. The van der Waals surface area contributed by atoms with Crippen LogP contribution in [0.25, 0.3) is 0 Å². The van der Waals surface area contributed by atoms with Gasteiger partial charge in [0.25, 0.3) is 5.91 Å². The lowest BCUT2D eigenvalue weighted by Crippen LogP contribution is -2.37. The summed E-state index contributed by atoms with van der Waals surface area (Å²) in [5, 5.41) is 12.0. The van der Waals surface area contributed by atoms with Gasteiger partial charge in [-0.3, -0.25) is 4.79 Å². The summed E-state index contributed by atoms with van der Waals surface area (Å²) in [4.78, 5) is 11.6. The summed E-state index contributed by atoms with van der Waals surface area (Å²) in [5.74, 6) is 0.466. The molecule has 5 heteroatoms. The minimum atomic E-state index is -0.700. The van der Waals surface area contributed by atoms with Gasteiger partial charge >= 0.3 is 0 Å². The summed E-state index contributed by atoms with van der Waals surface area (Å²) in [5.41, 5.74) is 1.99. The monoisotopic (exact) mass is 267 g/mol. The molecular formula is C14H21NO4. The highest BCUT2D eigenvalue weighted by Gasteiger charge is 2.09. The molecule has 0 saturated carbocycles. The van der Waals surface area contributed by atoms with Gasteiger partial charge in [-0.15, -0.1) is 0 Å². The van der Waals surface area contributed by atoms with Crippen LogP contribution < -0.4 is 10.1 Å². The van der Waals surface area contributed by atoms with Crippen molar-refractivity contribution in [2.75, 3.05) is 26.9 Å². The second kappa shape index (κ2) is 7.76. The van der Waals surface area contributed by atoms with E-state index in [1.54, 1.807) is 0 Å². The molecule has 1 atom stereocenters. The molecule has 0 bridgehead atoms. The molecule has 1 amide bonds. The number of carbonyl (C=O) groups excluding carboxylic acids is 1. The molecule has 0 aliphatic carbocycles. The van der Waals surface area contributed by atoms with Gasteiger partial charge in [-0.25, -0.2) is 0 Å². The normalized spacial score (nSPS) is 12.0. The molecule has 0 spiro atoms. The minimum absolute atomic E-state index is 0.0641. The predicted molar refractivity (Wildman–Crippen MR) is 72.3 cm³/mol. The van der Waals surface area contributed by atoms with Crippen LogP contribution in [-0.4, -0.2) is 44.0 Å². The molecule has 0 radical (unpaired) electrons. The number of aliphatic hydroxyl groups is 1. The lowest BCUT2D eigenvalue weighted by Gasteiger charge is -2.13. The van der Waals surface area contributed by atoms with Crippen LogP contribution in [0.5, 0.6) is 5.75 Å². The summed E-state index contributed by atoms with van der Waals surface area (Å²) in [7, 11) is 1.50. The van der Waals surface area contributed by atoms with E-state index in [1.807, 2.05) is 32.0 Å². The maximum atomic E-state index is 11.6. The zero-order valence-electron chi connectivity index (χ0n) is 11.6. The second-order valence-electron chi connectivity index (χ2n) is 4.42. The van der Waals surface area contributed by atoms with Crippen LogP contribution in [0.1, 0.15) is 11.1 Å². The molecule has 2 N–H and O–H groups in total. The zero-order chi connectivity index (χ0) is 14.3. The van der Waals surface area contributed by atoms with Gasteiger partial charge in [0.1, 0.15) is 5.75 Å². The van der Waals surface area contributed by atoms with E-state index < -0.39 is 6.10 Å². The number of hydrogen-bond donors (Lipinski definition) is 2. The molecule has 0 heterocycles. The number of carbonyl (C=O) groups is 1. The fourth-order valence-electron chi connectivity index (χ4n) is 1.70. The Morgan fingerprint density at radius 2 is 2.00 bits per heavy atom. The Morgan fingerprint density at radius 3 is 2.58 bits per heavy atom. The third-order valence-electron chi connectivity index (χ3n) is 2.65. The molecule has 5 nitrogen and oxygen atoms in total. The molecule has 106 valence electrons. The van der Waals surface area contributed by atoms with Gasteiger partial charge in [0.05, 0.1) is 12.7 Å². The Bertz CT molecular complexity index is 400. The summed E-state index contributed by atoms with van der Waals surface area (Å²) in [6.45, 7) is 4.15. The highest BCUT2D eigenvalue weighted by Crippen LogP contribution is 2.21. The predicted octanol–water partition coefficient (Wildman–Crippen LogP) is 0.806. The molecule has 1 rings (SSSR count). The van der Waals surface area contributed by atoms with E-state index in [-0.39, 0.29) is 25.7 Å². The summed E-state index contributed by atoms with van der Waals surface area (Å²) in [6, 6.07) is 5.81. The molecule has 0 aliphatic heterocycles. The molecule has 19 heavy (non-hydrogen) atoms. The van der Waals surface area contributed by atoms with Gasteiger partial charge in [-0.2, -0.15) is 0 Å². The third-order valence-corrected chi connectivity index (χ3v) is 2.65. The molecular weight excluding hydrogens is 246 g/mol. The Morgan fingerprint density at radius 1 is 1.37 bits per heavy atom. The van der Waals surface area contributed by atoms with Crippen LogP contribution in [0.4, 0.5) is 0 Å². The molecule has 1 aromatic carbocycles. The molecule has 1 unspecified atom stereocenters. The largest absolute Gasteiger partial charge is 0.483 e. The number of amides is 1. The smallest absolute Gasteiger partial charge is 0.258 e. The average molecular weight is 267 g/mol. The van der Waals surface area contributed by atoms with E-state index in [9.17, 15) is 9.90 Å². The average Bonchev–Trinajstić information content (AvgIpc) is 2.36. The first-order valence-corrected chi connectivity index (χ1v) is 6.17. The van der Waals surface area contributed by atoms with E-state index in [1.165, 1.54) is 7.11 Å². The fraction of sp³-hybridized carbons (Fsp3) is 0.500. The van der Waals surface area contributed by atoms with Gasteiger partial charge < -0.3 is 19.9 Å². The lowest BCUT2D eigenvalue weighted by atomic mass is 10.1. The number of methoxy groups -OCH3 is 1. The van der Waals surface area contributed by atoms with Crippen molar-refractivity contribution in [1.82, 2.24) is 5.32 Å². The first-order chi connectivity index (χ1) is 9.04. The van der Waals surface area contributed by atoms with Crippen LogP contribution >= 0.6 is 0 Å². The number of benzene rings is 1. The Kier molecular flexibility index (Phi) is 6.32. The van der Waals surface area contributed by atoms with Gasteiger partial charge in [0.2, 0.25) is 0 Å². The first-order valence-electron chi connectivity index (χ1n) is 6.17. The number of nitrogens with one attached hydrogen (secondary N) is 1. The van der Waals surface area contributed by atoms with E-state index in [0.717, 1.165) is 16.9 Å². The molecule has 1 aromatic rings. The third kappa shape index (κ3) is 5.28. The van der Waals surface area contributed by atoms with Crippen LogP contribution in [0.2, 0.25) is 0 Å². The standard InChI is InChI=1S/C14H21NO4/c1-10-5-4-6-11(2)14(10)19-9-13(17)15-7-12(16)8-18-3/h4-6,12,16H,7-9H2,1-3H3,(H,15,17). The van der Waals surface area contributed by atoms with Gasteiger partial charge in [0, 0.05) is 13.7 Å². The van der Waals surface area contributed by atoms with Crippen molar-refractivity contribution in [1.29, 1.82) is 0 Å². The van der Waals surface area contributed by atoms with Crippen molar-refractivity contribution in [3.05, 3.63) is 29.3 Å². The summed E-state index contributed by atoms with van der Waals surface area (Å²) < 4.78 is 10.3. The number of aryl methyl sites for hydroxylation is 2. The Balaban J connectivity index is 2.38. The molecule has 0 saturated heterocycles. The number of rotatable bonds is 7. The maximum absolute atomic E-state index is 11.6. The summed E-state index contributed by atoms with van der Waals surface area (Å²) in [6.07, 6.45) is -0.700. The van der Waals surface area contributed by atoms with Gasteiger partial charge in [0.15, 0.2) is 6.61 Å². The summed E-state index contributed by atoms with van der Waals surface area (Å²) >= 11 is 0. The van der Waals surface area contributed by atoms with Crippen molar-refractivity contribution < 1.29 is 19.4 Å². The first kappa shape index (κ1) is 15.5. The Hall–Kier alpha value is -1.59. The van der Waals surface area contributed by atoms with Crippen molar-refractivity contribution in [2.24, 2.45) is 0 Å². The minimum Gasteiger partial charge on any atom is -0.483 e. The number of ether oxygens (including phenoxy) is 2. The van der Waals surface area contributed by atoms with Crippen LogP contribution in [-0.2, 0) is 9.53 Å². The van der Waals surface area contributed by atoms with Gasteiger partial charge in [-0.1, -0.05) is 18.2 Å². The highest BCUT2D eigenvalue weighted by molar-refractivity contribution is 5.77. The maximum Gasteiger partial charge on any atom is 0.258 e.